The van der Waals surface area contributed by atoms with Crippen LogP contribution >= 0.6 is 0 Å². The van der Waals surface area contributed by atoms with Gasteiger partial charge in [0, 0.05) is 6.42 Å². The van der Waals surface area contributed by atoms with Crippen LogP contribution < -0.4 is 0 Å². The summed E-state index contributed by atoms with van der Waals surface area (Å²) in [5.74, 6) is -0.0866. The van der Waals surface area contributed by atoms with E-state index in [1.54, 1.807) is 0 Å². The van der Waals surface area contributed by atoms with Gasteiger partial charge in [-0.05, 0) is 24.8 Å². The van der Waals surface area contributed by atoms with Gasteiger partial charge in [0.15, 0.2) is 0 Å². The molecule has 0 unspecified atom stereocenters. The average molecular weight is 234 g/mol. The minimum atomic E-state index is -0.0866. The number of ether oxygens (including phenoxy) is 1. The SMILES string of the molecule is CCC[C@H](CCc1ccccc1)OC(=O)CC. The zero-order chi connectivity index (χ0) is 12.5. The van der Waals surface area contributed by atoms with Crippen LogP contribution in [0.3, 0.4) is 0 Å². The monoisotopic (exact) mass is 234 g/mol. The largest absolute Gasteiger partial charge is 0.462 e. The maximum atomic E-state index is 11.3. The van der Waals surface area contributed by atoms with Gasteiger partial charge in [-0.2, -0.15) is 0 Å². The number of hydrogen-bond acceptors (Lipinski definition) is 2. The van der Waals surface area contributed by atoms with E-state index in [0.717, 1.165) is 25.7 Å². The van der Waals surface area contributed by atoms with Crippen molar-refractivity contribution < 1.29 is 9.53 Å². The third-order valence-electron chi connectivity index (χ3n) is 2.80. The van der Waals surface area contributed by atoms with Crippen molar-refractivity contribution >= 4 is 5.97 Å². The van der Waals surface area contributed by atoms with E-state index in [4.69, 9.17) is 4.74 Å². The van der Waals surface area contributed by atoms with E-state index in [1.165, 1.54) is 5.56 Å². The first kappa shape index (κ1) is 13.8. The lowest BCUT2D eigenvalue weighted by Gasteiger charge is -2.16. The third-order valence-corrected chi connectivity index (χ3v) is 2.80. The van der Waals surface area contributed by atoms with E-state index >= 15 is 0 Å². The maximum absolute atomic E-state index is 11.3. The predicted octanol–water partition coefficient (Wildman–Crippen LogP) is 3.74. The summed E-state index contributed by atoms with van der Waals surface area (Å²) in [5.41, 5.74) is 1.31. The lowest BCUT2D eigenvalue weighted by molar-refractivity contribution is -0.149. The van der Waals surface area contributed by atoms with Crippen LogP contribution in [0.5, 0.6) is 0 Å². The van der Waals surface area contributed by atoms with Crippen LogP contribution in [0.15, 0.2) is 30.3 Å². The Kier molecular flexibility index (Phi) is 6.38. The highest BCUT2D eigenvalue weighted by Gasteiger charge is 2.12. The van der Waals surface area contributed by atoms with Crippen LogP contribution in [0, 0.1) is 0 Å². The standard InChI is InChI=1S/C15H22O2/c1-3-8-14(17-15(16)4-2)12-11-13-9-6-5-7-10-13/h5-7,9-10,14H,3-4,8,11-12H2,1-2H3/t14-/m1/s1. The van der Waals surface area contributed by atoms with Crippen LogP contribution in [0.4, 0.5) is 0 Å². The van der Waals surface area contributed by atoms with Crippen molar-refractivity contribution in [2.75, 3.05) is 0 Å². The second kappa shape index (κ2) is 7.88. The summed E-state index contributed by atoms with van der Waals surface area (Å²) in [7, 11) is 0. The van der Waals surface area contributed by atoms with Gasteiger partial charge < -0.3 is 4.74 Å². The smallest absolute Gasteiger partial charge is 0.305 e. The van der Waals surface area contributed by atoms with Gasteiger partial charge >= 0.3 is 5.97 Å². The molecule has 0 fully saturated rings. The molecule has 0 saturated heterocycles. The van der Waals surface area contributed by atoms with E-state index < -0.39 is 0 Å². The second-order valence-corrected chi connectivity index (χ2v) is 4.28. The molecule has 0 aliphatic carbocycles. The molecule has 0 N–H and O–H groups in total. The zero-order valence-electron chi connectivity index (χ0n) is 10.8. The highest BCUT2D eigenvalue weighted by Crippen LogP contribution is 2.12. The van der Waals surface area contributed by atoms with Crippen LogP contribution in [0.2, 0.25) is 0 Å². The Hall–Kier alpha value is -1.31. The average Bonchev–Trinajstić information content (AvgIpc) is 2.37. The Balaban J connectivity index is 2.41. The number of carbonyl (C=O) groups excluding carboxylic acids is 1. The van der Waals surface area contributed by atoms with Gasteiger partial charge in [0.05, 0.1) is 0 Å². The normalized spacial score (nSPS) is 12.1. The molecule has 0 aromatic heterocycles. The fourth-order valence-corrected chi connectivity index (χ4v) is 1.83. The molecule has 1 rings (SSSR count). The van der Waals surface area contributed by atoms with Crippen LogP contribution in [0.25, 0.3) is 0 Å². The van der Waals surface area contributed by atoms with Crippen molar-refractivity contribution in [1.29, 1.82) is 0 Å². The highest BCUT2D eigenvalue weighted by atomic mass is 16.5. The summed E-state index contributed by atoms with van der Waals surface area (Å²) in [6.45, 7) is 3.96. The van der Waals surface area contributed by atoms with Crippen LogP contribution in [0.1, 0.15) is 45.1 Å². The van der Waals surface area contributed by atoms with Gasteiger partial charge in [0.25, 0.3) is 0 Å². The summed E-state index contributed by atoms with van der Waals surface area (Å²) >= 11 is 0. The maximum Gasteiger partial charge on any atom is 0.305 e. The second-order valence-electron chi connectivity index (χ2n) is 4.28. The van der Waals surface area contributed by atoms with E-state index in [0.29, 0.717) is 6.42 Å². The van der Waals surface area contributed by atoms with E-state index in [-0.39, 0.29) is 12.1 Å². The van der Waals surface area contributed by atoms with Gasteiger partial charge in [-0.1, -0.05) is 50.6 Å². The molecule has 94 valence electrons. The van der Waals surface area contributed by atoms with Crippen molar-refractivity contribution in [3.8, 4) is 0 Å². The number of carbonyl (C=O) groups is 1. The van der Waals surface area contributed by atoms with Crippen LogP contribution in [-0.4, -0.2) is 12.1 Å². The minimum absolute atomic E-state index is 0.0765. The first-order chi connectivity index (χ1) is 8.26. The van der Waals surface area contributed by atoms with E-state index in [1.807, 2.05) is 25.1 Å². The molecule has 1 aromatic carbocycles. The Labute approximate surface area is 104 Å². The van der Waals surface area contributed by atoms with Gasteiger partial charge in [0.1, 0.15) is 6.10 Å². The summed E-state index contributed by atoms with van der Waals surface area (Å²) in [6, 6.07) is 10.3. The molecule has 0 heterocycles. The molecule has 0 radical (unpaired) electrons. The van der Waals surface area contributed by atoms with E-state index in [2.05, 4.69) is 19.1 Å². The quantitative estimate of drug-likeness (QED) is 0.672. The summed E-state index contributed by atoms with van der Waals surface area (Å²) in [5, 5.41) is 0. The fourth-order valence-electron chi connectivity index (χ4n) is 1.83. The molecular weight excluding hydrogens is 212 g/mol. The minimum Gasteiger partial charge on any atom is -0.462 e. The molecule has 0 aliphatic rings. The number of aryl methyl sites for hydroxylation is 1. The molecule has 2 nitrogen and oxygen atoms in total. The third kappa shape index (κ3) is 5.53. The summed E-state index contributed by atoms with van der Waals surface area (Å²) in [6.07, 6.45) is 4.44. The lowest BCUT2D eigenvalue weighted by atomic mass is 10.0. The lowest BCUT2D eigenvalue weighted by Crippen LogP contribution is -2.18. The molecule has 0 saturated carbocycles. The number of benzene rings is 1. The van der Waals surface area contributed by atoms with Crippen molar-refractivity contribution in [3.05, 3.63) is 35.9 Å². The van der Waals surface area contributed by atoms with Gasteiger partial charge in [-0.15, -0.1) is 0 Å². The molecule has 0 amide bonds. The number of rotatable bonds is 7. The first-order valence-corrected chi connectivity index (χ1v) is 6.49. The Morgan fingerprint density at radius 1 is 1.18 bits per heavy atom. The first-order valence-electron chi connectivity index (χ1n) is 6.49. The highest BCUT2D eigenvalue weighted by molar-refractivity contribution is 5.69. The van der Waals surface area contributed by atoms with Crippen molar-refractivity contribution in [3.63, 3.8) is 0 Å². The van der Waals surface area contributed by atoms with E-state index in [9.17, 15) is 4.79 Å². The summed E-state index contributed by atoms with van der Waals surface area (Å²) < 4.78 is 5.42. The van der Waals surface area contributed by atoms with Gasteiger partial charge in [0.2, 0.25) is 0 Å². The number of esters is 1. The van der Waals surface area contributed by atoms with Crippen molar-refractivity contribution in [1.82, 2.24) is 0 Å². The molecule has 1 atom stereocenters. The molecule has 17 heavy (non-hydrogen) atoms. The molecule has 1 aromatic rings. The molecular formula is C15H22O2. The molecule has 2 heteroatoms. The molecule has 0 spiro atoms. The predicted molar refractivity (Wildman–Crippen MR) is 69.8 cm³/mol. The number of hydrogen-bond donors (Lipinski definition) is 0. The molecule has 0 bridgehead atoms. The Bertz CT molecular complexity index is 319. The van der Waals surface area contributed by atoms with Crippen molar-refractivity contribution in [2.45, 2.75) is 52.1 Å². The van der Waals surface area contributed by atoms with Crippen LogP contribution in [-0.2, 0) is 16.0 Å². The fraction of sp³-hybridized carbons (Fsp3) is 0.533. The van der Waals surface area contributed by atoms with Gasteiger partial charge in [-0.3, -0.25) is 4.79 Å². The topological polar surface area (TPSA) is 26.3 Å². The zero-order valence-corrected chi connectivity index (χ0v) is 10.8. The summed E-state index contributed by atoms with van der Waals surface area (Å²) in [4.78, 5) is 11.3. The molecule has 0 aliphatic heterocycles. The van der Waals surface area contributed by atoms with Crippen molar-refractivity contribution in [2.24, 2.45) is 0 Å². The Morgan fingerprint density at radius 3 is 2.47 bits per heavy atom. The Morgan fingerprint density at radius 2 is 1.88 bits per heavy atom. The van der Waals surface area contributed by atoms with Gasteiger partial charge in [-0.25, -0.2) is 0 Å².